The van der Waals surface area contributed by atoms with Gasteiger partial charge in [0, 0.05) is 16.7 Å². The van der Waals surface area contributed by atoms with Crippen LogP contribution >= 0.6 is 0 Å². The van der Waals surface area contributed by atoms with Crippen LogP contribution in [-0.4, -0.2) is 16.7 Å². The van der Waals surface area contributed by atoms with Crippen LogP contribution < -0.4 is 0 Å². The van der Waals surface area contributed by atoms with Crippen molar-refractivity contribution < 1.29 is 19.1 Å². The minimum absolute atomic E-state index is 0.0459. The quantitative estimate of drug-likeness (QED) is 0.789. The van der Waals surface area contributed by atoms with E-state index in [-0.39, 0.29) is 28.6 Å². The van der Waals surface area contributed by atoms with E-state index in [0.717, 1.165) is 31.2 Å². The van der Waals surface area contributed by atoms with E-state index in [0.29, 0.717) is 11.5 Å². The molecule has 2 aliphatic rings. The Kier molecular flexibility index (Phi) is 4.19. The minimum Gasteiger partial charge on any atom is -0.507 e. The van der Waals surface area contributed by atoms with E-state index in [1.54, 1.807) is 24.3 Å². The van der Waals surface area contributed by atoms with Gasteiger partial charge in [-0.05, 0) is 55.2 Å². The molecule has 0 spiro atoms. The van der Waals surface area contributed by atoms with Gasteiger partial charge in [-0.2, -0.15) is 0 Å². The van der Waals surface area contributed by atoms with Gasteiger partial charge in [-0.3, -0.25) is 9.59 Å². The Hall–Kier alpha value is -2.75. The third-order valence-corrected chi connectivity index (χ3v) is 5.61. The summed E-state index contributed by atoms with van der Waals surface area (Å²) in [6.45, 7) is 0. The van der Waals surface area contributed by atoms with Crippen LogP contribution in [0.25, 0.3) is 5.76 Å². The summed E-state index contributed by atoms with van der Waals surface area (Å²) in [4.78, 5) is 25.0. The van der Waals surface area contributed by atoms with Gasteiger partial charge in [0.05, 0.1) is 0 Å². The number of Topliss-reactive ketones (excluding diaryl/α,β-unsaturated/α-hetero) is 2. The third-order valence-electron chi connectivity index (χ3n) is 5.61. The second-order valence-electron chi connectivity index (χ2n) is 7.07. The number of aliphatic hydroxyl groups excluding tert-OH is 1. The molecule has 1 N–H and O–H groups in total. The molecule has 0 aliphatic heterocycles. The van der Waals surface area contributed by atoms with Crippen LogP contribution in [0.4, 0.5) is 4.39 Å². The van der Waals surface area contributed by atoms with Crippen LogP contribution in [0.1, 0.15) is 53.1 Å². The SMILES string of the molecule is O=C1C(=O)c2ccccc2C(O)=C1C1CCC(c2ccc(F)cc2)CC1. The minimum atomic E-state index is -0.577. The number of hydrogen-bond donors (Lipinski definition) is 1. The Bertz CT molecular complexity index is 903. The molecular formula is C22H19FO3. The number of fused-ring (bicyclic) bond motifs is 1. The Balaban J connectivity index is 1.58. The van der Waals surface area contributed by atoms with Gasteiger partial charge in [0.25, 0.3) is 0 Å². The standard InChI is InChI=1S/C22H19FO3/c23-16-11-9-14(10-12-16)13-5-7-15(8-6-13)19-20(24)17-3-1-2-4-18(17)21(25)22(19)26/h1-4,9-13,15,24H,5-8H2. The Morgan fingerprint density at radius 3 is 2.00 bits per heavy atom. The summed E-state index contributed by atoms with van der Waals surface area (Å²) in [5.74, 6) is -1.20. The topological polar surface area (TPSA) is 54.4 Å². The van der Waals surface area contributed by atoms with Gasteiger partial charge >= 0.3 is 0 Å². The summed E-state index contributed by atoms with van der Waals surface area (Å²) >= 11 is 0. The van der Waals surface area contributed by atoms with E-state index < -0.39 is 11.6 Å². The first-order valence-electron chi connectivity index (χ1n) is 8.93. The maximum atomic E-state index is 13.1. The molecule has 4 rings (SSSR count). The van der Waals surface area contributed by atoms with Crippen molar-refractivity contribution in [1.82, 2.24) is 0 Å². The predicted octanol–water partition coefficient (Wildman–Crippen LogP) is 4.83. The lowest BCUT2D eigenvalue weighted by Gasteiger charge is -2.31. The van der Waals surface area contributed by atoms with Gasteiger partial charge in [0.1, 0.15) is 11.6 Å². The molecule has 132 valence electrons. The highest BCUT2D eigenvalue weighted by Crippen LogP contribution is 2.42. The van der Waals surface area contributed by atoms with E-state index in [4.69, 9.17) is 0 Å². The molecule has 2 aromatic carbocycles. The predicted molar refractivity (Wildman–Crippen MR) is 96.4 cm³/mol. The van der Waals surface area contributed by atoms with Crippen molar-refractivity contribution >= 4 is 17.3 Å². The molecule has 0 aromatic heterocycles. The number of hydrogen-bond acceptors (Lipinski definition) is 3. The summed E-state index contributed by atoms with van der Waals surface area (Å²) in [6, 6.07) is 13.3. The van der Waals surface area contributed by atoms with Crippen molar-refractivity contribution in [2.45, 2.75) is 31.6 Å². The lowest BCUT2D eigenvalue weighted by Crippen LogP contribution is -2.29. The number of aliphatic hydroxyl groups is 1. The zero-order valence-electron chi connectivity index (χ0n) is 14.2. The number of halogens is 1. The molecule has 0 heterocycles. The van der Waals surface area contributed by atoms with Gasteiger partial charge < -0.3 is 5.11 Å². The smallest absolute Gasteiger partial charge is 0.234 e. The summed E-state index contributed by atoms with van der Waals surface area (Å²) in [6.07, 6.45) is 3.14. The lowest BCUT2D eigenvalue weighted by molar-refractivity contribution is -0.112. The molecule has 1 saturated carbocycles. The van der Waals surface area contributed by atoms with Gasteiger partial charge in [0.15, 0.2) is 0 Å². The van der Waals surface area contributed by atoms with Crippen LogP contribution in [-0.2, 0) is 4.79 Å². The average molecular weight is 350 g/mol. The first-order chi connectivity index (χ1) is 12.6. The molecule has 0 amide bonds. The second-order valence-corrected chi connectivity index (χ2v) is 7.07. The normalized spacial score (nSPS) is 23.1. The molecule has 4 heteroatoms. The molecule has 3 nitrogen and oxygen atoms in total. The maximum Gasteiger partial charge on any atom is 0.234 e. The molecular weight excluding hydrogens is 331 g/mol. The van der Waals surface area contributed by atoms with Gasteiger partial charge in [-0.25, -0.2) is 4.39 Å². The molecule has 0 atom stereocenters. The molecule has 0 saturated heterocycles. The van der Waals surface area contributed by atoms with Crippen LogP contribution in [0, 0.1) is 11.7 Å². The van der Waals surface area contributed by atoms with E-state index in [1.807, 2.05) is 12.1 Å². The van der Waals surface area contributed by atoms with Crippen molar-refractivity contribution in [2.24, 2.45) is 5.92 Å². The first-order valence-corrected chi connectivity index (χ1v) is 8.93. The Labute approximate surface area is 151 Å². The number of benzene rings is 2. The second kappa shape index (κ2) is 6.52. The monoisotopic (exact) mass is 350 g/mol. The molecule has 1 fully saturated rings. The van der Waals surface area contributed by atoms with E-state index in [2.05, 4.69) is 0 Å². The largest absolute Gasteiger partial charge is 0.507 e. The molecule has 0 radical (unpaired) electrons. The summed E-state index contributed by atoms with van der Waals surface area (Å²) in [7, 11) is 0. The first kappa shape index (κ1) is 16.7. The van der Waals surface area contributed by atoms with Gasteiger partial charge in [-0.15, -0.1) is 0 Å². The Morgan fingerprint density at radius 2 is 1.35 bits per heavy atom. The van der Waals surface area contributed by atoms with Crippen molar-refractivity contribution in [3.63, 3.8) is 0 Å². The lowest BCUT2D eigenvalue weighted by atomic mass is 9.72. The molecule has 26 heavy (non-hydrogen) atoms. The highest BCUT2D eigenvalue weighted by molar-refractivity contribution is 6.52. The van der Waals surface area contributed by atoms with Crippen molar-refractivity contribution in [2.75, 3.05) is 0 Å². The summed E-state index contributed by atoms with van der Waals surface area (Å²) in [5.41, 5.74) is 2.09. The van der Waals surface area contributed by atoms with Crippen molar-refractivity contribution in [3.8, 4) is 0 Å². The van der Waals surface area contributed by atoms with E-state index in [1.165, 1.54) is 12.1 Å². The zero-order chi connectivity index (χ0) is 18.3. The number of allylic oxidation sites excluding steroid dienone is 1. The average Bonchev–Trinajstić information content (AvgIpc) is 2.68. The number of rotatable bonds is 2. The van der Waals surface area contributed by atoms with Gasteiger partial charge in [0.2, 0.25) is 11.6 Å². The van der Waals surface area contributed by atoms with Crippen molar-refractivity contribution in [1.29, 1.82) is 0 Å². The highest BCUT2D eigenvalue weighted by atomic mass is 19.1. The number of ketones is 2. The van der Waals surface area contributed by atoms with E-state index >= 15 is 0 Å². The van der Waals surface area contributed by atoms with E-state index in [9.17, 15) is 19.1 Å². The van der Waals surface area contributed by atoms with Crippen LogP contribution in [0.2, 0.25) is 0 Å². The van der Waals surface area contributed by atoms with Crippen LogP contribution in [0.5, 0.6) is 0 Å². The number of carbonyl (C=O) groups excluding carboxylic acids is 2. The molecule has 2 aliphatic carbocycles. The fourth-order valence-electron chi connectivity index (χ4n) is 4.21. The summed E-state index contributed by atoms with van der Waals surface area (Å²) < 4.78 is 13.1. The molecule has 0 unspecified atom stereocenters. The molecule has 2 aromatic rings. The van der Waals surface area contributed by atoms with Crippen LogP contribution in [0.15, 0.2) is 54.1 Å². The maximum absolute atomic E-state index is 13.1. The third kappa shape index (κ3) is 2.75. The zero-order valence-corrected chi connectivity index (χ0v) is 14.2. The fraction of sp³-hybridized carbons (Fsp3) is 0.273. The summed E-state index contributed by atoms with van der Waals surface area (Å²) in [5, 5.41) is 10.6. The Morgan fingerprint density at radius 1 is 0.769 bits per heavy atom. The van der Waals surface area contributed by atoms with Gasteiger partial charge in [-0.1, -0.05) is 36.4 Å². The fourth-order valence-corrected chi connectivity index (χ4v) is 4.21. The van der Waals surface area contributed by atoms with Crippen LogP contribution in [0.3, 0.4) is 0 Å². The highest BCUT2D eigenvalue weighted by Gasteiger charge is 2.38. The van der Waals surface area contributed by atoms with Crippen molar-refractivity contribution in [3.05, 3.63) is 76.6 Å². The molecule has 0 bridgehead atoms. The number of carbonyl (C=O) groups is 2.